The fourth-order valence-corrected chi connectivity index (χ4v) is 2.50. The van der Waals surface area contributed by atoms with Crippen molar-refractivity contribution in [2.24, 2.45) is 0 Å². The van der Waals surface area contributed by atoms with Gasteiger partial charge in [0.15, 0.2) is 0 Å². The predicted molar refractivity (Wildman–Crippen MR) is 93.2 cm³/mol. The van der Waals surface area contributed by atoms with E-state index < -0.39 is 5.97 Å². The average Bonchev–Trinajstić information content (AvgIpc) is 3.02. The fraction of sp³-hybridized carbons (Fsp3) is 0.158. The van der Waals surface area contributed by atoms with E-state index in [1.165, 1.54) is 5.56 Å². The second-order valence-electron chi connectivity index (χ2n) is 5.72. The number of aryl methyl sites for hydroxylation is 1. The molecule has 0 amide bonds. The normalized spacial score (nSPS) is 10.5. The van der Waals surface area contributed by atoms with E-state index in [0.717, 1.165) is 23.4 Å². The molecule has 0 radical (unpaired) electrons. The summed E-state index contributed by atoms with van der Waals surface area (Å²) in [4.78, 5) is 11.1. The van der Waals surface area contributed by atoms with Crippen LogP contribution in [0.25, 0.3) is 0 Å². The first-order valence-corrected chi connectivity index (χ1v) is 7.75. The fourth-order valence-electron chi connectivity index (χ4n) is 2.50. The lowest BCUT2D eigenvalue weighted by atomic mass is 10.1. The number of nitrogens with one attached hydrogen (secondary N) is 1. The second kappa shape index (κ2) is 7.00. The average molecular weight is 321 g/mol. The van der Waals surface area contributed by atoms with Crippen LogP contribution in [0.4, 0.5) is 5.69 Å². The first-order chi connectivity index (χ1) is 11.6. The van der Waals surface area contributed by atoms with Crippen LogP contribution in [0.3, 0.4) is 0 Å². The number of aromatic carboxylic acids is 1. The maximum absolute atomic E-state index is 11.1. The molecule has 0 fully saturated rings. The number of carboxylic acids is 1. The van der Waals surface area contributed by atoms with Gasteiger partial charge < -0.3 is 10.4 Å². The Balaban J connectivity index is 1.65. The summed E-state index contributed by atoms with van der Waals surface area (Å²) in [7, 11) is 0. The number of hydrogen-bond acceptors (Lipinski definition) is 3. The molecule has 5 heteroatoms. The molecule has 122 valence electrons. The molecular weight excluding hydrogens is 302 g/mol. The molecule has 3 aromatic rings. The zero-order valence-corrected chi connectivity index (χ0v) is 13.4. The van der Waals surface area contributed by atoms with Crippen molar-refractivity contribution < 1.29 is 9.90 Å². The molecule has 0 aliphatic carbocycles. The van der Waals surface area contributed by atoms with Gasteiger partial charge in [-0.15, -0.1) is 0 Å². The van der Waals surface area contributed by atoms with Crippen molar-refractivity contribution in [2.75, 3.05) is 5.32 Å². The van der Waals surface area contributed by atoms with E-state index in [4.69, 9.17) is 5.11 Å². The van der Waals surface area contributed by atoms with E-state index in [-0.39, 0.29) is 5.56 Å². The van der Waals surface area contributed by atoms with Crippen LogP contribution in [0, 0.1) is 6.92 Å². The lowest BCUT2D eigenvalue weighted by molar-refractivity contribution is 0.0697. The zero-order chi connectivity index (χ0) is 16.9. The highest BCUT2D eigenvalue weighted by atomic mass is 16.4. The third-order valence-electron chi connectivity index (χ3n) is 3.84. The van der Waals surface area contributed by atoms with Crippen molar-refractivity contribution in [3.63, 3.8) is 0 Å². The van der Waals surface area contributed by atoms with Crippen molar-refractivity contribution in [1.82, 2.24) is 9.78 Å². The molecule has 0 atom stereocenters. The molecule has 0 saturated heterocycles. The minimum Gasteiger partial charge on any atom is -0.478 e. The topological polar surface area (TPSA) is 67.2 Å². The van der Waals surface area contributed by atoms with E-state index in [1.54, 1.807) is 12.1 Å². The van der Waals surface area contributed by atoms with E-state index in [2.05, 4.69) is 22.5 Å². The molecule has 24 heavy (non-hydrogen) atoms. The maximum Gasteiger partial charge on any atom is 0.335 e. The van der Waals surface area contributed by atoms with Crippen molar-refractivity contribution in [3.8, 4) is 0 Å². The molecule has 0 spiro atoms. The van der Waals surface area contributed by atoms with E-state index in [0.29, 0.717) is 6.54 Å². The van der Waals surface area contributed by atoms with E-state index in [1.807, 2.05) is 48.3 Å². The Morgan fingerprint density at radius 1 is 1.17 bits per heavy atom. The highest BCUT2D eigenvalue weighted by Crippen LogP contribution is 2.18. The standard InChI is InChI=1S/C19H19N3O2/c1-14-7-8-17(19(23)24)9-18(14)20-10-16-11-21-22(13-16)12-15-5-3-2-4-6-15/h2-9,11,13,20H,10,12H2,1H3,(H,23,24). The van der Waals surface area contributed by atoms with Crippen molar-refractivity contribution in [3.05, 3.63) is 83.2 Å². The molecule has 2 N–H and O–H groups in total. The zero-order valence-electron chi connectivity index (χ0n) is 13.4. The largest absolute Gasteiger partial charge is 0.478 e. The Bertz CT molecular complexity index is 841. The number of hydrogen-bond donors (Lipinski definition) is 2. The van der Waals surface area contributed by atoms with Crippen molar-refractivity contribution in [2.45, 2.75) is 20.0 Å². The van der Waals surface area contributed by atoms with Crippen LogP contribution in [0.5, 0.6) is 0 Å². The third kappa shape index (κ3) is 3.81. The summed E-state index contributed by atoms with van der Waals surface area (Å²) in [5.41, 5.74) is 4.36. The van der Waals surface area contributed by atoms with Crippen molar-refractivity contribution >= 4 is 11.7 Å². The van der Waals surface area contributed by atoms with E-state index in [9.17, 15) is 4.79 Å². The highest BCUT2D eigenvalue weighted by Gasteiger charge is 2.07. The first-order valence-electron chi connectivity index (χ1n) is 7.75. The number of carbonyl (C=O) groups is 1. The van der Waals surface area contributed by atoms with Gasteiger partial charge in [-0.3, -0.25) is 4.68 Å². The molecule has 1 aromatic heterocycles. The number of carboxylic acid groups (broad SMARTS) is 1. The number of benzene rings is 2. The number of nitrogens with zero attached hydrogens (tertiary/aromatic N) is 2. The van der Waals surface area contributed by atoms with E-state index >= 15 is 0 Å². The SMILES string of the molecule is Cc1ccc(C(=O)O)cc1NCc1cnn(Cc2ccccc2)c1. The summed E-state index contributed by atoms with van der Waals surface area (Å²) in [5.74, 6) is -0.922. The van der Waals surface area contributed by atoms with Crippen LogP contribution < -0.4 is 5.32 Å². The Morgan fingerprint density at radius 2 is 1.96 bits per heavy atom. The van der Waals surface area contributed by atoms with Gasteiger partial charge in [0.2, 0.25) is 0 Å². The smallest absolute Gasteiger partial charge is 0.335 e. The van der Waals surface area contributed by atoms with Crippen LogP contribution in [0.1, 0.15) is 27.0 Å². The van der Waals surface area contributed by atoms with Crippen LogP contribution in [-0.2, 0) is 13.1 Å². The summed E-state index contributed by atoms with van der Waals surface area (Å²) < 4.78 is 1.90. The number of aromatic nitrogens is 2. The molecule has 0 saturated carbocycles. The molecule has 3 rings (SSSR count). The molecule has 2 aromatic carbocycles. The maximum atomic E-state index is 11.1. The van der Waals surface area contributed by atoms with Gasteiger partial charge in [0.1, 0.15) is 0 Å². The van der Waals surface area contributed by atoms with Crippen LogP contribution in [0.15, 0.2) is 60.9 Å². The molecule has 5 nitrogen and oxygen atoms in total. The molecule has 0 aliphatic rings. The van der Waals surface area contributed by atoms with Crippen LogP contribution >= 0.6 is 0 Å². The lowest BCUT2D eigenvalue weighted by Gasteiger charge is -2.09. The second-order valence-corrected chi connectivity index (χ2v) is 5.72. The first kappa shape index (κ1) is 15.8. The lowest BCUT2D eigenvalue weighted by Crippen LogP contribution is -2.03. The summed E-state index contributed by atoms with van der Waals surface area (Å²) in [6.07, 6.45) is 3.82. The van der Waals surface area contributed by atoms with Crippen LogP contribution in [-0.4, -0.2) is 20.9 Å². The molecule has 0 bridgehead atoms. The van der Waals surface area contributed by atoms with Gasteiger partial charge in [0, 0.05) is 24.0 Å². The molecule has 0 unspecified atom stereocenters. The van der Waals surface area contributed by atoms with Gasteiger partial charge in [-0.1, -0.05) is 36.4 Å². The molecule has 0 aliphatic heterocycles. The summed E-state index contributed by atoms with van der Waals surface area (Å²) in [6, 6.07) is 15.2. The predicted octanol–water partition coefficient (Wildman–Crippen LogP) is 3.55. The van der Waals surface area contributed by atoms with Gasteiger partial charge in [0.25, 0.3) is 0 Å². The third-order valence-corrected chi connectivity index (χ3v) is 3.84. The highest BCUT2D eigenvalue weighted by molar-refractivity contribution is 5.89. The number of anilines is 1. The Kier molecular flexibility index (Phi) is 4.61. The van der Waals surface area contributed by atoms with Gasteiger partial charge in [0.05, 0.1) is 18.3 Å². The summed E-state index contributed by atoms with van der Waals surface area (Å²) in [6.45, 7) is 3.28. The van der Waals surface area contributed by atoms with Crippen molar-refractivity contribution in [1.29, 1.82) is 0 Å². The van der Waals surface area contributed by atoms with Gasteiger partial charge in [-0.2, -0.15) is 5.10 Å². The minimum absolute atomic E-state index is 0.280. The minimum atomic E-state index is -0.922. The Hall–Kier alpha value is -3.08. The van der Waals surface area contributed by atoms with Gasteiger partial charge in [-0.05, 0) is 30.2 Å². The summed E-state index contributed by atoms with van der Waals surface area (Å²) in [5, 5.41) is 16.7. The Labute approximate surface area is 140 Å². The summed E-state index contributed by atoms with van der Waals surface area (Å²) >= 11 is 0. The quantitative estimate of drug-likeness (QED) is 0.728. The van der Waals surface area contributed by atoms with Crippen LogP contribution in [0.2, 0.25) is 0 Å². The van der Waals surface area contributed by atoms with Gasteiger partial charge in [-0.25, -0.2) is 4.79 Å². The molecular formula is C19H19N3O2. The monoisotopic (exact) mass is 321 g/mol. The molecule has 1 heterocycles. The Morgan fingerprint density at radius 3 is 2.71 bits per heavy atom. The number of rotatable bonds is 6. The van der Waals surface area contributed by atoms with Gasteiger partial charge >= 0.3 is 5.97 Å².